The molecule has 0 atom stereocenters. The minimum absolute atomic E-state index is 0.0518. The Kier molecular flexibility index (Phi) is 6.25. The van der Waals surface area contributed by atoms with E-state index >= 15 is 0 Å². The summed E-state index contributed by atoms with van der Waals surface area (Å²) in [5.74, 6) is 0.522. The number of hydrogen-bond acceptors (Lipinski definition) is 5. The second-order valence-electron chi connectivity index (χ2n) is 7.81. The lowest BCUT2D eigenvalue weighted by Gasteiger charge is -2.34. The average molecular weight is 423 g/mol. The molecule has 3 heterocycles. The molecule has 0 N–H and O–H groups in total. The number of rotatable bonds is 6. The Bertz CT molecular complexity index is 1040. The van der Waals surface area contributed by atoms with Crippen LogP contribution in [0.15, 0.2) is 42.7 Å². The molecule has 1 aromatic carbocycles. The minimum atomic E-state index is -0.229. The van der Waals surface area contributed by atoms with Crippen molar-refractivity contribution in [1.82, 2.24) is 24.6 Å². The smallest absolute Gasteiger partial charge is 0.244 e. The van der Waals surface area contributed by atoms with Crippen LogP contribution in [0.5, 0.6) is 0 Å². The van der Waals surface area contributed by atoms with Crippen molar-refractivity contribution >= 4 is 11.9 Å². The van der Waals surface area contributed by atoms with Gasteiger partial charge in [0.15, 0.2) is 0 Å². The van der Waals surface area contributed by atoms with Crippen LogP contribution in [0.25, 0.3) is 11.3 Å². The summed E-state index contributed by atoms with van der Waals surface area (Å²) >= 11 is 0. The summed E-state index contributed by atoms with van der Waals surface area (Å²) in [5, 5.41) is 4.68. The predicted octanol–water partition coefficient (Wildman–Crippen LogP) is 3.09. The number of hydrogen-bond donors (Lipinski definition) is 0. The maximum Gasteiger partial charge on any atom is 0.244 e. The van der Waals surface area contributed by atoms with Crippen molar-refractivity contribution in [2.24, 2.45) is 0 Å². The van der Waals surface area contributed by atoms with Crippen LogP contribution in [0.1, 0.15) is 24.6 Å². The average Bonchev–Trinajstić information content (AvgIpc) is 3.19. The summed E-state index contributed by atoms with van der Waals surface area (Å²) in [4.78, 5) is 25.5. The van der Waals surface area contributed by atoms with Crippen LogP contribution < -0.4 is 4.90 Å². The fourth-order valence-electron chi connectivity index (χ4n) is 3.83. The molecule has 1 aliphatic heterocycles. The Morgan fingerprint density at radius 2 is 1.84 bits per heavy atom. The van der Waals surface area contributed by atoms with Gasteiger partial charge in [0.25, 0.3) is 0 Å². The fourth-order valence-corrected chi connectivity index (χ4v) is 3.83. The van der Waals surface area contributed by atoms with Crippen LogP contribution >= 0.6 is 0 Å². The zero-order valence-electron chi connectivity index (χ0n) is 18.0. The summed E-state index contributed by atoms with van der Waals surface area (Å²) in [7, 11) is 0. The Morgan fingerprint density at radius 1 is 1.10 bits per heavy atom. The van der Waals surface area contributed by atoms with Gasteiger partial charge in [0.2, 0.25) is 11.9 Å². The maximum absolute atomic E-state index is 13.6. The Balaban J connectivity index is 1.45. The van der Waals surface area contributed by atoms with Crippen molar-refractivity contribution in [3.8, 4) is 11.3 Å². The minimum Gasteiger partial charge on any atom is -0.338 e. The van der Waals surface area contributed by atoms with E-state index < -0.39 is 0 Å². The second kappa shape index (κ2) is 9.24. The summed E-state index contributed by atoms with van der Waals surface area (Å²) in [6.07, 6.45) is 5.25. The van der Waals surface area contributed by atoms with Gasteiger partial charge in [-0.2, -0.15) is 5.10 Å². The molecule has 8 heteroatoms. The lowest BCUT2D eigenvalue weighted by Crippen LogP contribution is -2.50. The molecule has 0 unspecified atom stereocenters. The summed E-state index contributed by atoms with van der Waals surface area (Å²) in [6.45, 7) is 6.72. The van der Waals surface area contributed by atoms with Crippen LogP contribution in [-0.2, 0) is 17.8 Å². The van der Waals surface area contributed by atoms with Gasteiger partial charge in [0, 0.05) is 49.8 Å². The van der Waals surface area contributed by atoms with Gasteiger partial charge < -0.3 is 9.80 Å². The first-order valence-electron chi connectivity index (χ1n) is 10.7. The number of piperazine rings is 1. The van der Waals surface area contributed by atoms with Crippen LogP contribution in [0.2, 0.25) is 0 Å². The van der Waals surface area contributed by atoms with E-state index in [1.54, 1.807) is 42.2 Å². The van der Waals surface area contributed by atoms with Gasteiger partial charge in [-0.3, -0.25) is 9.48 Å². The number of anilines is 1. The Labute approximate surface area is 181 Å². The maximum atomic E-state index is 13.6. The molecule has 7 nitrogen and oxygen atoms in total. The highest BCUT2D eigenvalue weighted by molar-refractivity contribution is 5.76. The number of halogens is 1. The van der Waals surface area contributed by atoms with E-state index in [1.165, 1.54) is 6.07 Å². The van der Waals surface area contributed by atoms with E-state index in [0.717, 1.165) is 29.8 Å². The molecular formula is C23H27FN6O. The number of benzene rings is 1. The molecule has 1 fully saturated rings. The summed E-state index contributed by atoms with van der Waals surface area (Å²) < 4.78 is 15.4. The molecular weight excluding hydrogens is 395 g/mol. The van der Waals surface area contributed by atoms with E-state index in [4.69, 9.17) is 0 Å². The molecule has 4 rings (SSSR count). The van der Waals surface area contributed by atoms with Crippen molar-refractivity contribution in [2.45, 2.75) is 33.2 Å². The topological polar surface area (TPSA) is 67.2 Å². The lowest BCUT2D eigenvalue weighted by atomic mass is 10.1. The first-order chi connectivity index (χ1) is 15.0. The third-order valence-corrected chi connectivity index (χ3v) is 5.58. The summed E-state index contributed by atoms with van der Waals surface area (Å²) in [5.41, 5.74) is 3.23. The highest BCUT2D eigenvalue weighted by Crippen LogP contribution is 2.23. The van der Waals surface area contributed by atoms with Crippen molar-refractivity contribution in [3.05, 3.63) is 59.8 Å². The number of amides is 1. The van der Waals surface area contributed by atoms with Gasteiger partial charge in [0.05, 0.1) is 5.69 Å². The van der Waals surface area contributed by atoms with Crippen molar-refractivity contribution in [2.75, 3.05) is 31.1 Å². The molecule has 1 amide bonds. The molecule has 0 saturated carbocycles. The molecule has 0 radical (unpaired) electrons. The molecule has 0 bridgehead atoms. The highest BCUT2D eigenvalue weighted by Gasteiger charge is 2.23. The van der Waals surface area contributed by atoms with Crippen LogP contribution in [0, 0.1) is 12.7 Å². The van der Waals surface area contributed by atoms with Crippen LogP contribution in [0.4, 0.5) is 10.3 Å². The first-order valence-corrected chi connectivity index (χ1v) is 10.7. The number of carbonyl (C=O) groups excluding carboxylic acids is 1. The Hall–Kier alpha value is -3.29. The van der Waals surface area contributed by atoms with Gasteiger partial charge in [0.1, 0.15) is 12.4 Å². The number of carbonyl (C=O) groups is 1. The van der Waals surface area contributed by atoms with E-state index in [0.29, 0.717) is 37.7 Å². The zero-order chi connectivity index (χ0) is 21.8. The second-order valence-corrected chi connectivity index (χ2v) is 7.81. The molecule has 162 valence electrons. The first kappa shape index (κ1) is 21.0. The quantitative estimate of drug-likeness (QED) is 0.611. The van der Waals surface area contributed by atoms with Crippen molar-refractivity contribution in [1.29, 1.82) is 0 Å². The molecule has 1 aliphatic rings. The van der Waals surface area contributed by atoms with Crippen molar-refractivity contribution in [3.63, 3.8) is 0 Å². The molecule has 2 aromatic heterocycles. The van der Waals surface area contributed by atoms with Gasteiger partial charge in [-0.25, -0.2) is 14.4 Å². The SMILES string of the molecule is CCCc1cc(-c2ccc(F)c(C)c2)nn1CC(=O)N1CCN(c2ncccn2)CC1. The van der Waals surface area contributed by atoms with Gasteiger partial charge in [-0.15, -0.1) is 0 Å². The van der Waals surface area contributed by atoms with Gasteiger partial charge in [-0.1, -0.05) is 13.3 Å². The normalized spacial score (nSPS) is 14.2. The molecule has 3 aromatic rings. The van der Waals surface area contributed by atoms with Gasteiger partial charge in [-0.05, 0) is 49.2 Å². The lowest BCUT2D eigenvalue weighted by molar-refractivity contribution is -0.132. The van der Waals surface area contributed by atoms with Crippen LogP contribution in [-0.4, -0.2) is 56.7 Å². The third kappa shape index (κ3) is 4.73. The third-order valence-electron chi connectivity index (χ3n) is 5.58. The van der Waals surface area contributed by atoms with Gasteiger partial charge >= 0.3 is 0 Å². The predicted molar refractivity (Wildman–Crippen MR) is 117 cm³/mol. The molecule has 1 saturated heterocycles. The number of aryl methyl sites for hydroxylation is 2. The number of aromatic nitrogens is 4. The van der Waals surface area contributed by atoms with E-state index in [2.05, 4.69) is 26.9 Å². The largest absolute Gasteiger partial charge is 0.338 e. The zero-order valence-corrected chi connectivity index (χ0v) is 18.0. The van der Waals surface area contributed by atoms with Crippen LogP contribution in [0.3, 0.4) is 0 Å². The molecule has 0 aliphatic carbocycles. The highest BCUT2D eigenvalue weighted by atomic mass is 19.1. The van der Waals surface area contributed by atoms with Crippen molar-refractivity contribution < 1.29 is 9.18 Å². The van der Waals surface area contributed by atoms with E-state index in [1.807, 2.05) is 11.0 Å². The Morgan fingerprint density at radius 3 is 2.52 bits per heavy atom. The fraction of sp³-hybridized carbons (Fsp3) is 0.391. The monoisotopic (exact) mass is 422 g/mol. The summed E-state index contributed by atoms with van der Waals surface area (Å²) in [6, 6.07) is 8.79. The molecule has 0 spiro atoms. The van der Waals surface area contributed by atoms with E-state index in [-0.39, 0.29) is 18.3 Å². The molecule has 31 heavy (non-hydrogen) atoms. The standard InChI is InChI=1S/C23H27FN6O/c1-3-5-19-15-21(18-6-7-20(24)17(2)14-18)27-30(19)16-22(31)28-10-12-29(13-11-28)23-25-8-4-9-26-23/h4,6-9,14-15H,3,5,10-13,16H2,1-2H3. The number of nitrogens with zero attached hydrogens (tertiary/aromatic N) is 6. The van der Waals surface area contributed by atoms with E-state index in [9.17, 15) is 9.18 Å².